The van der Waals surface area contributed by atoms with Gasteiger partial charge in [0.25, 0.3) is 0 Å². The maximum Gasteiger partial charge on any atom is 0.230 e. The molecule has 0 atom stereocenters. The molecule has 154 valence electrons. The molecule has 0 bridgehead atoms. The van der Waals surface area contributed by atoms with Crippen molar-refractivity contribution in [3.8, 4) is 5.75 Å². The Labute approximate surface area is 183 Å². The van der Waals surface area contributed by atoms with Crippen LogP contribution >= 0.6 is 23.1 Å². The molecule has 0 fully saturated rings. The van der Waals surface area contributed by atoms with Gasteiger partial charge in [-0.15, -0.1) is 11.8 Å². The molecule has 0 saturated heterocycles. The zero-order chi connectivity index (χ0) is 20.9. The Bertz CT molecular complexity index is 1120. The Kier molecular flexibility index (Phi) is 6.40. The molecule has 5 nitrogen and oxygen atoms in total. The summed E-state index contributed by atoms with van der Waals surface area (Å²) in [5.74, 6) is 2.15. The summed E-state index contributed by atoms with van der Waals surface area (Å²) in [6.45, 7) is 2.39. The molecule has 2 aromatic carbocycles. The van der Waals surface area contributed by atoms with Crippen molar-refractivity contribution >= 4 is 44.4 Å². The number of fused-ring (bicyclic) bond motifs is 1. The summed E-state index contributed by atoms with van der Waals surface area (Å²) in [4.78, 5) is 20.8. The number of hydrogen-bond donors (Lipinski definition) is 0. The van der Waals surface area contributed by atoms with Crippen LogP contribution in [0.25, 0.3) is 10.2 Å². The van der Waals surface area contributed by atoms with E-state index in [0.717, 1.165) is 26.4 Å². The van der Waals surface area contributed by atoms with E-state index in [2.05, 4.69) is 12.1 Å². The van der Waals surface area contributed by atoms with E-state index in [1.54, 1.807) is 30.0 Å². The number of carbonyl (C=O) groups is 1. The van der Waals surface area contributed by atoms with Crippen LogP contribution < -0.4 is 9.64 Å². The molecule has 0 saturated carbocycles. The van der Waals surface area contributed by atoms with Gasteiger partial charge in [0, 0.05) is 17.1 Å². The summed E-state index contributed by atoms with van der Waals surface area (Å²) in [7, 11) is 1.63. The molecule has 4 rings (SSSR count). The van der Waals surface area contributed by atoms with Crippen LogP contribution in [-0.2, 0) is 11.3 Å². The largest absolute Gasteiger partial charge is 0.494 e. The van der Waals surface area contributed by atoms with Gasteiger partial charge in [0.05, 0.1) is 24.6 Å². The number of ether oxygens (including phenoxy) is 1. The van der Waals surface area contributed by atoms with Crippen LogP contribution in [0.15, 0.2) is 70.2 Å². The lowest BCUT2D eigenvalue weighted by atomic mass is 10.2. The molecular formula is C23H22N2O3S2. The van der Waals surface area contributed by atoms with Gasteiger partial charge < -0.3 is 9.15 Å². The first kappa shape index (κ1) is 20.5. The summed E-state index contributed by atoms with van der Waals surface area (Å²) in [6.07, 6.45) is 2.03. The number of carbonyl (C=O) groups excluding carboxylic acids is 1. The van der Waals surface area contributed by atoms with Gasteiger partial charge in [-0.25, -0.2) is 4.98 Å². The summed E-state index contributed by atoms with van der Waals surface area (Å²) >= 11 is 3.18. The second-order valence-corrected chi connectivity index (χ2v) is 8.88. The number of thiazole rings is 1. The zero-order valence-corrected chi connectivity index (χ0v) is 18.5. The average molecular weight is 439 g/mol. The number of nitrogens with zero attached hydrogens (tertiary/aromatic N) is 2. The molecule has 0 unspecified atom stereocenters. The van der Waals surface area contributed by atoms with Gasteiger partial charge in [0.15, 0.2) is 5.13 Å². The lowest BCUT2D eigenvalue weighted by molar-refractivity contribution is -0.118. The molecule has 2 heterocycles. The van der Waals surface area contributed by atoms with Crippen LogP contribution in [0.4, 0.5) is 5.13 Å². The van der Waals surface area contributed by atoms with E-state index in [1.165, 1.54) is 11.3 Å². The number of amides is 1. The predicted molar refractivity (Wildman–Crippen MR) is 123 cm³/mol. The molecule has 30 heavy (non-hydrogen) atoms. The molecule has 0 radical (unpaired) electrons. The minimum Gasteiger partial charge on any atom is -0.494 e. The standard InChI is InChI=1S/C23H22N2O3S2/c1-16-10-11-19(27-2)21-22(16)30-23(24-21)25(15-17-7-6-13-28-17)20(26)12-14-29-18-8-4-3-5-9-18/h3-11,13H,12,14-15H2,1-2H3. The molecular weight excluding hydrogens is 416 g/mol. The summed E-state index contributed by atoms with van der Waals surface area (Å²) in [5, 5.41) is 0.656. The SMILES string of the molecule is COc1ccc(C)c2sc(N(Cc3ccco3)C(=O)CCSc3ccccc3)nc12. The summed E-state index contributed by atoms with van der Waals surface area (Å²) in [5.41, 5.74) is 1.90. The van der Waals surface area contributed by atoms with Gasteiger partial charge >= 0.3 is 0 Å². The molecule has 0 aliphatic rings. The van der Waals surface area contributed by atoms with E-state index < -0.39 is 0 Å². The first-order valence-electron chi connectivity index (χ1n) is 9.60. The van der Waals surface area contributed by atoms with Gasteiger partial charge in [-0.1, -0.05) is 35.6 Å². The van der Waals surface area contributed by atoms with E-state index in [1.807, 2.05) is 49.4 Å². The Hall–Kier alpha value is -2.77. The number of benzene rings is 2. The van der Waals surface area contributed by atoms with E-state index in [4.69, 9.17) is 14.1 Å². The minimum absolute atomic E-state index is 0.0190. The van der Waals surface area contributed by atoms with E-state index in [-0.39, 0.29) is 5.91 Å². The van der Waals surface area contributed by atoms with Crippen molar-refractivity contribution in [1.29, 1.82) is 0 Å². The number of aryl methyl sites for hydroxylation is 1. The normalized spacial score (nSPS) is 11.0. The number of aromatic nitrogens is 1. The van der Waals surface area contributed by atoms with Crippen LogP contribution in [0, 0.1) is 6.92 Å². The molecule has 7 heteroatoms. The Morgan fingerprint density at radius 3 is 2.73 bits per heavy atom. The van der Waals surface area contributed by atoms with Gasteiger partial charge in [0.2, 0.25) is 5.91 Å². The summed E-state index contributed by atoms with van der Waals surface area (Å²) in [6, 6.07) is 17.7. The number of methoxy groups -OCH3 is 1. The second kappa shape index (κ2) is 9.36. The monoisotopic (exact) mass is 438 g/mol. The average Bonchev–Trinajstić information content (AvgIpc) is 3.43. The minimum atomic E-state index is 0.0190. The van der Waals surface area contributed by atoms with Crippen LogP contribution in [-0.4, -0.2) is 23.8 Å². The van der Waals surface area contributed by atoms with Gasteiger partial charge in [0.1, 0.15) is 17.0 Å². The number of anilines is 1. The topological polar surface area (TPSA) is 55.6 Å². The first-order chi connectivity index (χ1) is 14.7. The quantitative estimate of drug-likeness (QED) is 0.320. The van der Waals surface area contributed by atoms with E-state index >= 15 is 0 Å². The highest BCUT2D eigenvalue weighted by Gasteiger charge is 2.22. The molecule has 0 aliphatic heterocycles. The highest BCUT2D eigenvalue weighted by atomic mass is 32.2. The van der Waals surface area contributed by atoms with Crippen molar-refractivity contribution in [3.63, 3.8) is 0 Å². The number of hydrogen-bond acceptors (Lipinski definition) is 6. The maximum absolute atomic E-state index is 13.2. The Balaban J connectivity index is 1.59. The van der Waals surface area contributed by atoms with Crippen LogP contribution in [0.5, 0.6) is 5.75 Å². The lowest BCUT2D eigenvalue weighted by Gasteiger charge is -2.18. The number of rotatable bonds is 8. The molecule has 4 aromatic rings. The fraction of sp³-hybridized carbons (Fsp3) is 0.217. The Morgan fingerprint density at radius 2 is 2.00 bits per heavy atom. The third-order valence-corrected chi connectivity index (χ3v) is 6.89. The molecule has 0 N–H and O–H groups in total. The van der Waals surface area contributed by atoms with Crippen molar-refractivity contribution in [1.82, 2.24) is 4.98 Å². The highest BCUT2D eigenvalue weighted by Crippen LogP contribution is 2.37. The number of thioether (sulfide) groups is 1. The third kappa shape index (κ3) is 4.52. The van der Waals surface area contributed by atoms with Crippen molar-refractivity contribution in [2.75, 3.05) is 17.8 Å². The van der Waals surface area contributed by atoms with Gasteiger partial charge in [-0.3, -0.25) is 9.69 Å². The third-order valence-electron chi connectivity index (χ3n) is 4.67. The van der Waals surface area contributed by atoms with Crippen LogP contribution in [0.2, 0.25) is 0 Å². The smallest absolute Gasteiger partial charge is 0.230 e. The molecule has 2 aromatic heterocycles. The first-order valence-corrected chi connectivity index (χ1v) is 11.4. The number of furan rings is 1. The molecule has 0 aliphatic carbocycles. The van der Waals surface area contributed by atoms with Gasteiger partial charge in [-0.05, 0) is 42.8 Å². The highest BCUT2D eigenvalue weighted by molar-refractivity contribution is 7.99. The van der Waals surface area contributed by atoms with Gasteiger partial charge in [-0.2, -0.15) is 0 Å². The van der Waals surface area contributed by atoms with Crippen LogP contribution in [0.1, 0.15) is 17.7 Å². The Morgan fingerprint density at radius 1 is 1.17 bits per heavy atom. The molecule has 1 amide bonds. The van der Waals surface area contributed by atoms with E-state index in [0.29, 0.717) is 29.6 Å². The fourth-order valence-corrected chi connectivity index (χ4v) is 5.04. The predicted octanol–water partition coefficient (Wildman–Crippen LogP) is 5.92. The lowest BCUT2D eigenvalue weighted by Crippen LogP contribution is -2.30. The zero-order valence-electron chi connectivity index (χ0n) is 16.8. The summed E-state index contributed by atoms with van der Waals surface area (Å²) < 4.78 is 12.0. The van der Waals surface area contributed by atoms with Crippen LogP contribution in [0.3, 0.4) is 0 Å². The molecule has 0 spiro atoms. The second-order valence-electron chi connectivity index (χ2n) is 6.73. The fourth-order valence-electron chi connectivity index (χ4n) is 3.11. The van der Waals surface area contributed by atoms with Crippen molar-refractivity contribution < 1.29 is 13.9 Å². The van der Waals surface area contributed by atoms with E-state index in [9.17, 15) is 4.79 Å². The van der Waals surface area contributed by atoms with Crippen molar-refractivity contribution in [2.45, 2.75) is 24.8 Å². The van der Waals surface area contributed by atoms with Crippen molar-refractivity contribution in [2.24, 2.45) is 0 Å². The maximum atomic E-state index is 13.2. The van der Waals surface area contributed by atoms with Crippen molar-refractivity contribution in [3.05, 3.63) is 72.2 Å².